The van der Waals surface area contributed by atoms with Crippen molar-refractivity contribution in [2.45, 2.75) is 126 Å². The number of hydrogen-bond acceptors (Lipinski definition) is 3. The summed E-state index contributed by atoms with van der Waals surface area (Å²) < 4.78 is 4.79. The number of rotatable bonds is 14. The molecular formula is C49H66IrNO2S-. The predicted octanol–water partition coefficient (Wildman–Crippen LogP) is 14.3. The van der Waals surface area contributed by atoms with Crippen molar-refractivity contribution in [3.05, 3.63) is 103 Å². The van der Waals surface area contributed by atoms with E-state index < -0.39 is 0 Å². The molecule has 5 heteroatoms. The molecule has 0 aliphatic rings. The number of carbonyl (C=O) groups is 1. The summed E-state index contributed by atoms with van der Waals surface area (Å²) in [5, 5.41) is 15.0. The second-order valence-electron chi connectivity index (χ2n) is 16.0. The van der Waals surface area contributed by atoms with Gasteiger partial charge in [0.05, 0.1) is 17.6 Å². The van der Waals surface area contributed by atoms with Crippen LogP contribution >= 0.6 is 11.3 Å². The van der Waals surface area contributed by atoms with Crippen LogP contribution in [0.1, 0.15) is 137 Å². The second kappa shape index (κ2) is 19.7. The summed E-state index contributed by atoms with van der Waals surface area (Å²) in [6.45, 7) is 29.2. The minimum absolute atomic E-state index is 0. The van der Waals surface area contributed by atoms with Crippen LogP contribution in [0.4, 0.5) is 0 Å². The van der Waals surface area contributed by atoms with E-state index in [0.717, 1.165) is 44.1 Å². The molecule has 0 atom stereocenters. The number of ketones is 1. The largest absolute Gasteiger partial charge is 0.512 e. The molecule has 5 aromatic rings. The van der Waals surface area contributed by atoms with Crippen molar-refractivity contribution in [1.82, 2.24) is 0 Å². The van der Waals surface area contributed by atoms with Crippen molar-refractivity contribution < 1.29 is 34.6 Å². The third-order valence-electron chi connectivity index (χ3n) is 12.2. The van der Waals surface area contributed by atoms with E-state index in [9.17, 15) is 9.90 Å². The summed E-state index contributed by atoms with van der Waals surface area (Å²) in [4.78, 5) is 11.7. The molecule has 1 radical (unpaired) electrons. The quantitative estimate of drug-likeness (QED) is 0.0522. The van der Waals surface area contributed by atoms with Gasteiger partial charge in [-0.15, -0.1) is 34.4 Å². The summed E-state index contributed by atoms with van der Waals surface area (Å²) >= 11 is 1.94. The Hall–Kier alpha value is -3.11. The van der Waals surface area contributed by atoms with Crippen LogP contribution in [0.15, 0.2) is 72.6 Å². The van der Waals surface area contributed by atoms with Crippen LogP contribution in [0.2, 0.25) is 0 Å². The van der Waals surface area contributed by atoms with E-state index >= 15 is 0 Å². The zero-order valence-electron chi connectivity index (χ0n) is 34.9. The molecule has 0 saturated carbocycles. The van der Waals surface area contributed by atoms with Gasteiger partial charge in [0.1, 0.15) is 0 Å². The Kier molecular flexibility index (Phi) is 16.5. The third-order valence-corrected chi connectivity index (χ3v) is 13.5. The van der Waals surface area contributed by atoms with Gasteiger partial charge in [-0.3, -0.25) is 4.79 Å². The van der Waals surface area contributed by atoms with E-state index in [4.69, 9.17) is 0 Å². The van der Waals surface area contributed by atoms with Gasteiger partial charge in [0.25, 0.3) is 0 Å². The van der Waals surface area contributed by atoms with Gasteiger partial charge in [0.15, 0.2) is 5.78 Å². The van der Waals surface area contributed by atoms with Crippen LogP contribution in [-0.4, -0.2) is 10.9 Å². The maximum atomic E-state index is 11.7. The second-order valence-corrected chi connectivity index (χ2v) is 17.0. The van der Waals surface area contributed by atoms with Crippen molar-refractivity contribution >= 4 is 48.1 Å². The maximum Gasteiger partial charge on any atom is 0.162 e. The minimum atomic E-state index is 0. The first-order chi connectivity index (χ1) is 25.2. The van der Waals surface area contributed by atoms with Crippen LogP contribution in [0.25, 0.3) is 42.2 Å². The molecule has 0 aliphatic carbocycles. The molecule has 2 aromatic heterocycles. The van der Waals surface area contributed by atoms with E-state index in [-0.39, 0.29) is 48.9 Å². The van der Waals surface area contributed by atoms with Gasteiger partial charge in [0, 0.05) is 54.5 Å². The van der Waals surface area contributed by atoms with Crippen molar-refractivity contribution in [2.75, 3.05) is 0 Å². The van der Waals surface area contributed by atoms with E-state index in [1.54, 1.807) is 0 Å². The van der Waals surface area contributed by atoms with Crippen LogP contribution in [-0.2, 0) is 30.3 Å². The molecule has 2 heterocycles. The summed E-state index contributed by atoms with van der Waals surface area (Å²) in [5.41, 5.74) is 6.45. The topological polar surface area (TPSA) is 41.2 Å². The Morgan fingerprint density at radius 3 is 1.87 bits per heavy atom. The average molecular weight is 925 g/mol. The molecular weight excluding hydrogens is 859 g/mol. The fourth-order valence-electron chi connectivity index (χ4n) is 8.46. The van der Waals surface area contributed by atoms with Crippen molar-refractivity contribution in [1.29, 1.82) is 0 Å². The van der Waals surface area contributed by atoms with Gasteiger partial charge >= 0.3 is 0 Å². The molecule has 0 fully saturated rings. The van der Waals surface area contributed by atoms with Crippen LogP contribution < -0.4 is 4.57 Å². The monoisotopic (exact) mass is 925 g/mol. The first-order valence-corrected chi connectivity index (χ1v) is 21.1. The Bertz CT molecular complexity index is 2030. The number of benzene rings is 3. The number of carbonyl (C=O) groups excluding carboxylic acids is 1. The number of aliphatic hydroxyl groups is 1. The fraction of sp³-hybridized carbons (Fsp3) is 0.469. The molecule has 3 aromatic carbocycles. The summed E-state index contributed by atoms with van der Waals surface area (Å²) in [7, 11) is 4.48. The van der Waals surface area contributed by atoms with Crippen molar-refractivity contribution in [3.63, 3.8) is 0 Å². The average Bonchev–Trinajstić information content (AvgIpc) is 3.52. The Balaban J connectivity index is 0.000000418. The summed E-state index contributed by atoms with van der Waals surface area (Å²) in [6, 6.07) is 20.4. The molecule has 3 nitrogen and oxygen atoms in total. The van der Waals surface area contributed by atoms with Crippen LogP contribution in [0.5, 0.6) is 0 Å². The molecule has 295 valence electrons. The van der Waals surface area contributed by atoms with Crippen LogP contribution in [0.3, 0.4) is 0 Å². The molecule has 0 bridgehead atoms. The van der Waals surface area contributed by atoms with Gasteiger partial charge in [-0.05, 0) is 84.1 Å². The molecule has 54 heavy (non-hydrogen) atoms. The number of thiophene rings is 1. The molecule has 5 rings (SSSR count). The van der Waals surface area contributed by atoms with Gasteiger partial charge in [-0.1, -0.05) is 124 Å². The Morgan fingerprint density at radius 1 is 0.796 bits per heavy atom. The first kappa shape index (κ1) is 45.3. The van der Waals surface area contributed by atoms with Gasteiger partial charge in [-0.25, -0.2) is 0 Å². The summed E-state index contributed by atoms with van der Waals surface area (Å²) in [5.74, 6) is 2.23. The number of hydrogen-bond donors (Lipinski definition) is 1. The summed E-state index contributed by atoms with van der Waals surface area (Å²) in [6.07, 6.45) is 9.22. The fourth-order valence-corrected chi connectivity index (χ4v) is 9.88. The Labute approximate surface area is 345 Å². The smallest absolute Gasteiger partial charge is 0.162 e. The number of fused-ring (bicyclic) bond motifs is 4. The number of pyridine rings is 1. The Morgan fingerprint density at radius 2 is 1.33 bits per heavy atom. The molecule has 0 amide bonds. The zero-order chi connectivity index (χ0) is 39.2. The van der Waals surface area contributed by atoms with Gasteiger partial charge in [-0.2, -0.15) is 12.5 Å². The number of allylic oxidation sites excluding steroid dienone is 2. The zero-order valence-corrected chi connectivity index (χ0v) is 38.2. The predicted molar refractivity (Wildman–Crippen MR) is 232 cm³/mol. The van der Waals surface area contributed by atoms with Crippen LogP contribution in [0, 0.1) is 37.6 Å². The normalized spacial score (nSPS) is 12.4. The molecule has 0 unspecified atom stereocenters. The van der Waals surface area contributed by atoms with Crippen molar-refractivity contribution in [3.8, 4) is 11.3 Å². The standard InChI is InChI=1S/C36H42NS.C13H24O2.Ir/c1-10-36(8,11-2)31-21-30(24(7)25-15-12-13-16-26(25)31)33-35-28(19-20-37(33)9)27-17-14-18-29(34(27)38-35)32(22(3)4)23(5)6;1-5-10(6-2)12(14)9-13(15)11(7-3)8-4;/h12-23,32H,7,9-11H2,1-6,8H3;9-11,14H,5-8H2,1-4H3;/q-1;;/b;12-9-;. The minimum Gasteiger partial charge on any atom is -0.512 e. The first-order valence-electron chi connectivity index (χ1n) is 20.3. The van der Waals surface area contributed by atoms with Gasteiger partial charge in [0.2, 0.25) is 0 Å². The molecule has 0 saturated heterocycles. The number of aliphatic hydroxyl groups excluding tert-OH is 1. The van der Waals surface area contributed by atoms with E-state index in [1.807, 2.05) is 39.0 Å². The van der Waals surface area contributed by atoms with E-state index in [0.29, 0.717) is 17.8 Å². The third kappa shape index (κ3) is 9.12. The van der Waals surface area contributed by atoms with Gasteiger partial charge < -0.3 is 9.67 Å². The number of aromatic nitrogens is 1. The SMILES string of the molecule is CCC(CC)C(=O)/C=C(\O)C(CC)CC.[CH2-]c1c(-c2c3sc4c(C(C(C)C)C(C)C)cccc4c3cc[n+]2[CH2-])cc(C(C)(CC)CC)c2ccccc12.[Ir]. The molecule has 1 N–H and O–H groups in total. The molecule has 0 spiro atoms. The van der Waals surface area contributed by atoms with E-state index in [2.05, 4.69) is 128 Å². The maximum absolute atomic E-state index is 11.7. The number of nitrogens with zero attached hydrogens (tertiary/aromatic N) is 1. The van der Waals surface area contributed by atoms with Crippen molar-refractivity contribution in [2.24, 2.45) is 23.7 Å². The van der Waals surface area contributed by atoms with E-state index in [1.165, 1.54) is 59.4 Å². The molecule has 0 aliphatic heterocycles.